The minimum absolute atomic E-state index is 0.0101. The van der Waals surface area contributed by atoms with E-state index in [0.717, 1.165) is 11.1 Å². The normalized spacial score (nSPS) is 22.5. The van der Waals surface area contributed by atoms with Gasteiger partial charge >= 0.3 is 0 Å². The van der Waals surface area contributed by atoms with Crippen molar-refractivity contribution in [1.82, 2.24) is 14.7 Å². The van der Waals surface area contributed by atoms with E-state index in [4.69, 9.17) is 0 Å². The van der Waals surface area contributed by atoms with Crippen molar-refractivity contribution in [3.63, 3.8) is 0 Å². The lowest BCUT2D eigenvalue weighted by Crippen LogP contribution is -2.73. The molecule has 2 amide bonds. The summed E-state index contributed by atoms with van der Waals surface area (Å²) in [5, 5.41) is 9.95. The van der Waals surface area contributed by atoms with Crippen molar-refractivity contribution in [3.05, 3.63) is 71.3 Å². The second-order valence-corrected chi connectivity index (χ2v) is 8.36. The molecule has 31 heavy (non-hydrogen) atoms. The van der Waals surface area contributed by atoms with Gasteiger partial charge in [0.05, 0.1) is 25.2 Å². The van der Waals surface area contributed by atoms with Crippen LogP contribution < -0.4 is 0 Å². The van der Waals surface area contributed by atoms with Crippen LogP contribution in [-0.4, -0.2) is 84.0 Å². The molecule has 0 aliphatic carbocycles. The van der Waals surface area contributed by atoms with E-state index in [9.17, 15) is 14.7 Å². The van der Waals surface area contributed by atoms with Crippen LogP contribution in [0.3, 0.4) is 0 Å². The third-order valence-corrected chi connectivity index (χ3v) is 5.98. The Morgan fingerprint density at radius 1 is 1.13 bits per heavy atom. The van der Waals surface area contributed by atoms with Crippen LogP contribution in [-0.2, 0) is 4.79 Å². The number of aliphatic hydroxyl groups is 1. The van der Waals surface area contributed by atoms with Gasteiger partial charge in [-0.05, 0) is 43.9 Å². The summed E-state index contributed by atoms with van der Waals surface area (Å²) in [4.78, 5) is 31.1. The summed E-state index contributed by atoms with van der Waals surface area (Å²) in [6, 6.07) is 16.7. The maximum Gasteiger partial charge on any atom is 0.254 e. The number of carbonyl (C=O) groups excluding carboxylic acids is 2. The summed E-state index contributed by atoms with van der Waals surface area (Å²) >= 11 is 0. The van der Waals surface area contributed by atoms with Crippen molar-refractivity contribution >= 4 is 11.8 Å². The molecule has 2 aliphatic heterocycles. The maximum absolute atomic E-state index is 12.9. The van der Waals surface area contributed by atoms with Crippen molar-refractivity contribution in [2.75, 3.05) is 40.3 Å². The lowest BCUT2D eigenvalue weighted by Gasteiger charge is -2.58. The zero-order valence-electron chi connectivity index (χ0n) is 17.9. The number of hydrogen-bond acceptors (Lipinski definition) is 4. The minimum Gasteiger partial charge on any atom is -0.394 e. The SMILES string of the molecule is CN(C)CC#Cc1ccc([C@H]2[C@H]3CN(C(=O)c4ccccc4)CC(=O)N3[C@H]2CO)cc1. The van der Waals surface area contributed by atoms with E-state index in [2.05, 4.69) is 11.8 Å². The summed E-state index contributed by atoms with van der Waals surface area (Å²) in [6.07, 6.45) is 0. The summed E-state index contributed by atoms with van der Waals surface area (Å²) in [7, 11) is 3.96. The molecular formula is C25H27N3O3. The van der Waals surface area contributed by atoms with Gasteiger partial charge < -0.3 is 14.9 Å². The highest BCUT2D eigenvalue weighted by Gasteiger charge is 2.54. The molecule has 2 fully saturated rings. The van der Waals surface area contributed by atoms with Gasteiger partial charge in [0.2, 0.25) is 5.91 Å². The summed E-state index contributed by atoms with van der Waals surface area (Å²) < 4.78 is 0. The number of piperazine rings is 1. The third kappa shape index (κ3) is 4.20. The van der Waals surface area contributed by atoms with E-state index in [-0.39, 0.29) is 43.0 Å². The molecule has 0 bridgehead atoms. The van der Waals surface area contributed by atoms with Crippen LogP contribution in [0.15, 0.2) is 54.6 Å². The quantitative estimate of drug-likeness (QED) is 0.765. The number of fused-ring (bicyclic) bond motifs is 1. The molecule has 2 aliphatic rings. The van der Waals surface area contributed by atoms with Gasteiger partial charge in [-0.25, -0.2) is 0 Å². The van der Waals surface area contributed by atoms with E-state index in [1.807, 2.05) is 61.5 Å². The van der Waals surface area contributed by atoms with Crippen molar-refractivity contribution < 1.29 is 14.7 Å². The Kier molecular flexibility index (Phi) is 6.08. The number of amides is 2. The van der Waals surface area contributed by atoms with Crippen LogP contribution >= 0.6 is 0 Å². The highest BCUT2D eigenvalue weighted by molar-refractivity contribution is 5.97. The Balaban J connectivity index is 1.52. The first-order valence-corrected chi connectivity index (χ1v) is 10.5. The Morgan fingerprint density at radius 3 is 2.48 bits per heavy atom. The topological polar surface area (TPSA) is 64.1 Å². The van der Waals surface area contributed by atoms with Crippen LogP contribution in [0.25, 0.3) is 0 Å². The lowest BCUT2D eigenvalue weighted by atomic mass is 9.73. The monoisotopic (exact) mass is 417 g/mol. The van der Waals surface area contributed by atoms with Crippen molar-refractivity contribution in [2.45, 2.75) is 18.0 Å². The Morgan fingerprint density at radius 2 is 1.84 bits per heavy atom. The molecule has 160 valence electrons. The predicted molar refractivity (Wildman–Crippen MR) is 118 cm³/mol. The first-order chi connectivity index (χ1) is 15.0. The maximum atomic E-state index is 12.9. The molecular weight excluding hydrogens is 390 g/mol. The van der Waals surface area contributed by atoms with Crippen LogP contribution in [0, 0.1) is 11.8 Å². The lowest BCUT2D eigenvalue weighted by molar-refractivity contribution is -0.159. The second kappa shape index (κ2) is 8.93. The Labute approximate surface area is 183 Å². The minimum atomic E-state index is -0.253. The van der Waals surface area contributed by atoms with Gasteiger partial charge in [-0.2, -0.15) is 0 Å². The number of benzene rings is 2. The van der Waals surface area contributed by atoms with E-state index in [0.29, 0.717) is 18.7 Å². The highest BCUT2D eigenvalue weighted by atomic mass is 16.3. The van der Waals surface area contributed by atoms with E-state index >= 15 is 0 Å². The average molecular weight is 418 g/mol. The number of nitrogens with zero attached hydrogens (tertiary/aromatic N) is 3. The summed E-state index contributed by atoms with van der Waals surface area (Å²) in [5.41, 5.74) is 2.57. The summed E-state index contributed by atoms with van der Waals surface area (Å²) in [6.45, 7) is 1.12. The van der Waals surface area contributed by atoms with Gasteiger partial charge in [0, 0.05) is 23.6 Å². The molecule has 6 nitrogen and oxygen atoms in total. The second-order valence-electron chi connectivity index (χ2n) is 8.36. The Hall–Kier alpha value is -3.14. The van der Waals surface area contributed by atoms with E-state index in [1.165, 1.54) is 0 Å². The van der Waals surface area contributed by atoms with Crippen molar-refractivity contribution in [1.29, 1.82) is 0 Å². The van der Waals surface area contributed by atoms with Crippen LogP contribution in [0.5, 0.6) is 0 Å². The molecule has 6 heteroatoms. The molecule has 0 spiro atoms. The first kappa shape index (κ1) is 21.1. The fourth-order valence-electron chi connectivity index (χ4n) is 4.51. The predicted octanol–water partition coefficient (Wildman–Crippen LogP) is 1.41. The van der Waals surface area contributed by atoms with Gasteiger partial charge in [0.1, 0.15) is 6.54 Å². The molecule has 2 aromatic carbocycles. The number of rotatable bonds is 4. The van der Waals surface area contributed by atoms with Gasteiger partial charge in [-0.15, -0.1) is 0 Å². The smallest absolute Gasteiger partial charge is 0.254 e. The van der Waals surface area contributed by atoms with Crippen LogP contribution in [0.4, 0.5) is 0 Å². The first-order valence-electron chi connectivity index (χ1n) is 10.5. The van der Waals surface area contributed by atoms with Gasteiger partial charge in [-0.3, -0.25) is 14.5 Å². The molecule has 4 rings (SSSR count). The van der Waals surface area contributed by atoms with Gasteiger partial charge in [0.25, 0.3) is 5.91 Å². The Bertz CT molecular complexity index is 1010. The number of carbonyl (C=O) groups is 2. The largest absolute Gasteiger partial charge is 0.394 e. The third-order valence-electron chi connectivity index (χ3n) is 5.98. The number of hydrogen-bond donors (Lipinski definition) is 1. The highest BCUT2D eigenvalue weighted by Crippen LogP contribution is 2.43. The van der Waals surface area contributed by atoms with E-state index in [1.54, 1.807) is 21.9 Å². The van der Waals surface area contributed by atoms with E-state index < -0.39 is 0 Å². The molecule has 0 unspecified atom stereocenters. The standard InChI is InChI=1S/C25H27N3O3/c1-26(2)14-6-7-18-10-12-19(13-11-18)24-21-15-27(16-23(30)28(21)22(24)17-29)25(31)20-8-4-3-5-9-20/h3-5,8-13,21-22,24,29H,14-17H2,1-2H3/t21-,22+,24+/m1/s1. The van der Waals surface area contributed by atoms with Crippen molar-refractivity contribution in [3.8, 4) is 11.8 Å². The van der Waals surface area contributed by atoms with Gasteiger partial charge in [0.15, 0.2) is 0 Å². The van der Waals surface area contributed by atoms with Crippen LogP contribution in [0.2, 0.25) is 0 Å². The van der Waals surface area contributed by atoms with Crippen LogP contribution in [0.1, 0.15) is 27.4 Å². The zero-order valence-corrected chi connectivity index (χ0v) is 17.9. The molecule has 1 N–H and O–H groups in total. The molecule has 2 saturated heterocycles. The molecule has 0 radical (unpaired) electrons. The molecule has 2 heterocycles. The molecule has 3 atom stereocenters. The number of aliphatic hydroxyl groups excluding tert-OH is 1. The molecule has 0 aromatic heterocycles. The summed E-state index contributed by atoms with van der Waals surface area (Å²) in [5.74, 6) is 6.02. The zero-order chi connectivity index (χ0) is 22.0. The molecule has 2 aromatic rings. The fraction of sp³-hybridized carbons (Fsp3) is 0.360. The fourth-order valence-corrected chi connectivity index (χ4v) is 4.51. The molecule has 0 saturated carbocycles. The average Bonchev–Trinajstić information content (AvgIpc) is 2.76. The van der Waals surface area contributed by atoms with Crippen molar-refractivity contribution in [2.24, 2.45) is 0 Å². The van der Waals surface area contributed by atoms with Gasteiger partial charge in [-0.1, -0.05) is 42.2 Å².